The van der Waals surface area contributed by atoms with Gasteiger partial charge < -0.3 is 14.7 Å². The number of hydrogen-bond acceptors (Lipinski definition) is 8. The first kappa shape index (κ1) is 18.2. The Labute approximate surface area is 177 Å². The highest BCUT2D eigenvalue weighted by Gasteiger charge is 2.35. The summed E-state index contributed by atoms with van der Waals surface area (Å²) in [6, 6.07) is 9.16. The van der Waals surface area contributed by atoms with Crippen molar-refractivity contribution in [1.82, 2.24) is 29.4 Å². The fourth-order valence-corrected chi connectivity index (χ4v) is 4.94. The van der Waals surface area contributed by atoms with E-state index >= 15 is 0 Å². The van der Waals surface area contributed by atoms with Gasteiger partial charge in [0, 0.05) is 55.1 Å². The van der Waals surface area contributed by atoms with Crippen LogP contribution in [0.3, 0.4) is 0 Å². The molecule has 6 rings (SSSR count). The van der Waals surface area contributed by atoms with Gasteiger partial charge in [0.15, 0.2) is 11.2 Å². The number of aromatic nitrogens is 5. The van der Waals surface area contributed by atoms with Gasteiger partial charge in [0.1, 0.15) is 12.1 Å². The zero-order valence-electron chi connectivity index (χ0n) is 16.8. The molecule has 2 N–H and O–H groups in total. The lowest BCUT2D eigenvalue weighted by molar-refractivity contribution is 0.107. The molecule has 0 aliphatic carbocycles. The van der Waals surface area contributed by atoms with Crippen LogP contribution in [0.25, 0.3) is 22.5 Å². The highest BCUT2D eigenvalue weighted by molar-refractivity contribution is 5.66. The van der Waals surface area contributed by atoms with Crippen LogP contribution in [0.1, 0.15) is 23.9 Å². The molecule has 1 fully saturated rings. The van der Waals surface area contributed by atoms with Gasteiger partial charge in [0.2, 0.25) is 5.89 Å². The third kappa shape index (κ3) is 3.27. The van der Waals surface area contributed by atoms with Crippen molar-refractivity contribution < 1.29 is 4.42 Å². The molecule has 31 heavy (non-hydrogen) atoms. The molecule has 2 aliphatic heterocycles. The molecule has 2 atom stereocenters. The Bertz CT molecular complexity index is 1310. The molecule has 0 spiro atoms. The molecule has 0 amide bonds. The first-order valence-electron chi connectivity index (χ1n) is 10.4. The molecule has 0 aromatic carbocycles. The van der Waals surface area contributed by atoms with Crippen molar-refractivity contribution in [3.63, 3.8) is 0 Å². The number of pyridine rings is 2. The van der Waals surface area contributed by atoms with E-state index in [1.54, 1.807) is 18.3 Å². The Morgan fingerprint density at radius 3 is 2.94 bits per heavy atom. The van der Waals surface area contributed by atoms with E-state index in [0.29, 0.717) is 41.1 Å². The fraction of sp³-hybridized carbons (Fsp3) is 0.318. The van der Waals surface area contributed by atoms with Gasteiger partial charge in [-0.25, -0.2) is 15.0 Å². The number of fused-ring (bicyclic) bond motifs is 5. The third-order valence-electron chi connectivity index (χ3n) is 6.18. The summed E-state index contributed by atoms with van der Waals surface area (Å²) in [5, 5.41) is 0. The van der Waals surface area contributed by atoms with Gasteiger partial charge in [0.05, 0.1) is 12.2 Å². The van der Waals surface area contributed by atoms with Crippen molar-refractivity contribution in [3.8, 4) is 11.3 Å². The Balaban J connectivity index is 1.30. The first-order chi connectivity index (χ1) is 15.1. The van der Waals surface area contributed by atoms with Gasteiger partial charge in [-0.2, -0.15) is 4.98 Å². The smallest absolute Gasteiger partial charge is 0.251 e. The first-order valence-corrected chi connectivity index (χ1v) is 10.4. The summed E-state index contributed by atoms with van der Waals surface area (Å²) in [6.45, 7) is 3.12. The molecule has 0 saturated carbocycles. The number of oxazole rings is 1. The maximum absolute atomic E-state index is 12.9. The van der Waals surface area contributed by atoms with Crippen LogP contribution in [0.2, 0.25) is 0 Å². The fourth-order valence-electron chi connectivity index (χ4n) is 4.94. The summed E-state index contributed by atoms with van der Waals surface area (Å²) in [6.07, 6.45) is 4.22. The summed E-state index contributed by atoms with van der Waals surface area (Å²) in [5.41, 5.74) is 9.68. The van der Waals surface area contributed by atoms with Crippen LogP contribution in [-0.2, 0) is 13.1 Å². The van der Waals surface area contributed by atoms with Crippen LogP contribution >= 0.6 is 0 Å². The lowest BCUT2D eigenvalue weighted by Crippen LogP contribution is -2.46. The molecule has 4 aromatic rings. The summed E-state index contributed by atoms with van der Waals surface area (Å²) in [7, 11) is 0. The van der Waals surface area contributed by atoms with Gasteiger partial charge in [-0.3, -0.25) is 9.69 Å². The Morgan fingerprint density at radius 2 is 2.06 bits per heavy atom. The molecule has 2 aliphatic rings. The Kier molecular flexibility index (Phi) is 4.10. The van der Waals surface area contributed by atoms with Crippen molar-refractivity contribution >= 4 is 17.0 Å². The summed E-state index contributed by atoms with van der Waals surface area (Å²) < 4.78 is 7.80. The van der Waals surface area contributed by atoms with Crippen LogP contribution in [-0.4, -0.2) is 42.5 Å². The standard InChI is InChI=1S/C22H21N7O2/c23-19-7-16(25-12-26-19)14-5-17-15-4-13(9-29(17)21(30)6-14)8-28(10-15)11-20-27-22-18(31-20)2-1-3-24-22/h1-3,5-7,12-13,15H,4,8-11H2,(H2,23,25,26)/t13-,15+/m0/s1. The topological polar surface area (TPSA) is 116 Å². The highest BCUT2D eigenvalue weighted by Crippen LogP contribution is 2.37. The second kappa shape index (κ2) is 6.98. The lowest BCUT2D eigenvalue weighted by atomic mass is 9.82. The molecule has 9 nitrogen and oxygen atoms in total. The maximum Gasteiger partial charge on any atom is 0.251 e. The maximum atomic E-state index is 12.9. The van der Waals surface area contributed by atoms with Crippen molar-refractivity contribution in [2.75, 3.05) is 18.8 Å². The van der Waals surface area contributed by atoms with Crippen LogP contribution in [0.5, 0.6) is 0 Å². The van der Waals surface area contributed by atoms with Crippen LogP contribution < -0.4 is 11.3 Å². The molecule has 0 radical (unpaired) electrons. The Hall–Kier alpha value is -3.59. The van der Waals surface area contributed by atoms with E-state index in [1.807, 2.05) is 16.7 Å². The molecule has 1 saturated heterocycles. The summed E-state index contributed by atoms with van der Waals surface area (Å²) in [4.78, 5) is 32.3. The zero-order valence-corrected chi connectivity index (χ0v) is 16.8. The summed E-state index contributed by atoms with van der Waals surface area (Å²) >= 11 is 0. The van der Waals surface area contributed by atoms with Crippen molar-refractivity contribution in [1.29, 1.82) is 0 Å². The Morgan fingerprint density at radius 1 is 1.13 bits per heavy atom. The second-order valence-corrected chi connectivity index (χ2v) is 8.37. The normalized spacial score (nSPS) is 20.6. The van der Waals surface area contributed by atoms with E-state index in [9.17, 15) is 4.79 Å². The number of anilines is 1. The average molecular weight is 415 g/mol. The number of rotatable bonds is 3. The second-order valence-electron chi connectivity index (χ2n) is 8.37. The van der Waals surface area contributed by atoms with Gasteiger partial charge in [-0.15, -0.1) is 0 Å². The van der Waals surface area contributed by atoms with E-state index < -0.39 is 0 Å². The zero-order chi connectivity index (χ0) is 20.9. The quantitative estimate of drug-likeness (QED) is 0.540. The number of nitrogens with two attached hydrogens (primary N) is 1. The third-order valence-corrected chi connectivity index (χ3v) is 6.18. The lowest BCUT2D eigenvalue weighted by Gasteiger charge is -2.42. The van der Waals surface area contributed by atoms with E-state index in [-0.39, 0.29) is 11.5 Å². The van der Waals surface area contributed by atoms with Crippen molar-refractivity contribution in [2.24, 2.45) is 5.92 Å². The average Bonchev–Trinajstić information content (AvgIpc) is 3.16. The molecular weight excluding hydrogens is 394 g/mol. The largest absolute Gasteiger partial charge is 0.438 e. The van der Waals surface area contributed by atoms with E-state index in [0.717, 1.165) is 37.3 Å². The van der Waals surface area contributed by atoms with E-state index in [2.05, 4.69) is 30.9 Å². The molecule has 4 aromatic heterocycles. The van der Waals surface area contributed by atoms with Crippen LogP contribution in [0, 0.1) is 5.92 Å². The minimum atomic E-state index is 0.0119. The number of likely N-dealkylation sites (tertiary alicyclic amines) is 1. The van der Waals surface area contributed by atoms with Crippen LogP contribution in [0.15, 0.2) is 52.1 Å². The predicted octanol–water partition coefficient (Wildman–Crippen LogP) is 2.04. The number of hydrogen-bond donors (Lipinski definition) is 1. The molecule has 2 bridgehead atoms. The monoisotopic (exact) mass is 415 g/mol. The van der Waals surface area contributed by atoms with Crippen molar-refractivity contribution in [2.45, 2.75) is 25.4 Å². The molecule has 0 unspecified atom stereocenters. The molecular formula is C22H21N7O2. The molecule has 9 heteroatoms. The van der Waals surface area contributed by atoms with E-state index in [1.165, 1.54) is 6.33 Å². The molecule has 156 valence electrons. The number of nitrogens with zero attached hydrogens (tertiary/aromatic N) is 6. The number of nitrogen functional groups attached to an aromatic ring is 1. The SMILES string of the molecule is Nc1cc(-c2cc3n(c(=O)c2)C[C@H]2C[C@@H]3CN(Cc3nc4ncccc4o3)C2)ncn1. The van der Waals surface area contributed by atoms with Gasteiger partial charge >= 0.3 is 0 Å². The molecule has 6 heterocycles. The van der Waals surface area contributed by atoms with Gasteiger partial charge in [-0.05, 0) is 30.5 Å². The minimum Gasteiger partial charge on any atom is -0.438 e. The van der Waals surface area contributed by atoms with Gasteiger partial charge in [-0.1, -0.05) is 0 Å². The van der Waals surface area contributed by atoms with Crippen LogP contribution in [0.4, 0.5) is 5.82 Å². The van der Waals surface area contributed by atoms with Gasteiger partial charge in [0.25, 0.3) is 5.56 Å². The van der Waals surface area contributed by atoms with E-state index in [4.69, 9.17) is 10.2 Å². The highest BCUT2D eigenvalue weighted by atomic mass is 16.3. The minimum absolute atomic E-state index is 0.0119. The predicted molar refractivity (Wildman–Crippen MR) is 114 cm³/mol. The summed E-state index contributed by atoms with van der Waals surface area (Å²) in [5.74, 6) is 1.75. The number of piperidine rings is 1. The van der Waals surface area contributed by atoms with Crippen molar-refractivity contribution in [3.05, 3.63) is 64.8 Å².